The molecule has 0 atom stereocenters. The van der Waals surface area contributed by atoms with Crippen molar-refractivity contribution in [3.8, 4) is 0 Å². The van der Waals surface area contributed by atoms with Gasteiger partial charge >= 0.3 is 103 Å². The third-order valence-electron chi connectivity index (χ3n) is 5.58. The molecule has 0 radical (unpaired) electrons. The number of rotatable bonds is 8. The summed E-state index contributed by atoms with van der Waals surface area (Å²) in [5.41, 5.74) is -0.986. The Morgan fingerprint density at radius 2 is 1.71 bits per heavy atom. The number of aromatic amines is 1. The first-order valence-electron chi connectivity index (χ1n) is 11.5. The molecule has 2 aromatic heterocycles. The Balaban J connectivity index is 0.00000294. The van der Waals surface area contributed by atoms with Crippen LogP contribution in [-0.2, 0) is 21.9 Å². The first kappa shape index (κ1) is 35.8. The molecular formula is C24H22FK2N7O6S. The number of aryl methyl sites for hydroxylation is 1. The molecule has 0 amide bonds. The predicted octanol–water partition coefficient (Wildman–Crippen LogP) is -3.99. The predicted molar refractivity (Wildman–Crippen MR) is 132 cm³/mol. The number of nitrogens with one attached hydrogen (secondary N) is 2. The van der Waals surface area contributed by atoms with Crippen LogP contribution in [0.5, 0.6) is 0 Å². The fraction of sp³-hybridized carbons (Fsp3) is 0.250. The molecule has 2 aromatic carbocycles. The van der Waals surface area contributed by atoms with Gasteiger partial charge in [0.15, 0.2) is 17.3 Å². The summed E-state index contributed by atoms with van der Waals surface area (Å²) in [7, 11) is -4.41. The second-order valence-electron chi connectivity index (χ2n) is 9.46. The average molecular weight is 634 g/mol. The summed E-state index contributed by atoms with van der Waals surface area (Å²) in [6, 6.07) is 5.54. The number of carbonyl (C=O) groups excluding carboxylic acids is 2. The van der Waals surface area contributed by atoms with Gasteiger partial charge in [0.2, 0.25) is 5.65 Å². The molecule has 0 unspecified atom stereocenters. The van der Waals surface area contributed by atoms with Crippen molar-refractivity contribution < 1.29 is 135 Å². The van der Waals surface area contributed by atoms with E-state index in [4.69, 9.17) is 0 Å². The fourth-order valence-electron chi connectivity index (χ4n) is 3.63. The number of fused-ring (bicyclic) bond motifs is 1. The molecule has 0 spiro atoms. The molecule has 41 heavy (non-hydrogen) atoms. The van der Waals surface area contributed by atoms with Crippen molar-refractivity contribution in [3.63, 3.8) is 0 Å². The summed E-state index contributed by atoms with van der Waals surface area (Å²) in [5.74, 6) is -4.04. The zero-order valence-electron chi connectivity index (χ0n) is 23.1. The Kier molecular flexibility index (Phi) is 12.2. The van der Waals surface area contributed by atoms with E-state index < -0.39 is 49.2 Å². The molecule has 17 heteroatoms. The van der Waals surface area contributed by atoms with Crippen molar-refractivity contribution in [2.24, 2.45) is 10.2 Å². The summed E-state index contributed by atoms with van der Waals surface area (Å²) in [6.45, 7) is 7.71. The van der Waals surface area contributed by atoms with Crippen LogP contribution in [-0.4, -0.2) is 40.2 Å². The first-order chi connectivity index (χ1) is 18.2. The van der Waals surface area contributed by atoms with Gasteiger partial charge in [-0.2, -0.15) is 4.63 Å². The molecule has 0 saturated carbocycles. The van der Waals surface area contributed by atoms with Crippen molar-refractivity contribution in [3.05, 3.63) is 64.9 Å². The molecule has 4 rings (SSSR count). The molecule has 4 aromatic rings. The summed E-state index contributed by atoms with van der Waals surface area (Å²) >= 11 is 0. The van der Waals surface area contributed by atoms with Gasteiger partial charge < -0.3 is 19.8 Å². The number of aromatic carboxylic acids is 2. The third kappa shape index (κ3) is 7.97. The number of anilines is 1. The maximum absolute atomic E-state index is 14.9. The number of hydrogen-bond donors (Lipinski definition) is 2. The van der Waals surface area contributed by atoms with Gasteiger partial charge in [-0.3, -0.25) is 9.82 Å². The van der Waals surface area contributed by atoms with Gasteiger partial charge in [0.05, 0.1) is 22.5 Å². The number of carboxylic acid groups (broad SMARTS) is 2. The molecule has 0 saturated heterocycles. The van der Waals surface area contributed by atoms with Gasteiger partial charge in [0, 0.05) is 28.7 Å². The van der Waals surface area contributed by atoms with Gasteiger partial charge in [-0.15, -0.1) is 15.3 Å². The van der Waals surface area contributed by atoms with E-state index in [0.29, 0.717) is 29.3 Å². The number of halogens is 1. The number of carbonyl (C=O) groups is 2. The summed E-state index contributed by atoms with van der Waals surface area (Å²) in [6.07, 6.45) is 0.588. The quantitative estimate of drug-likeness (QED) is 0.145. The minimum atomic E-state index is -4.41. The summed E-state index contributed by atoms with van der Waals surface area (Å²) < 4.78 is 44.1. The van der Waals surface area contributed by atoms with Crippen LogP contribution in [0.25, 0.3) is 5.65 Å². The monoisotopic (exact) mass is 633 g/mol. The second-order valence-corrected chi connectivity index (χ2v) is 11.1. The van der Waals surface area contributed by atoms with Crippen LogP contribution in [0, 0.1) is 5.82 Å². The van der Waals surface area contributed by atoms with E-state index in [1.165, 1.54) is 4.63 Å². The molecule has 2 heterocycles. The van der Waals surface area contributed by atoms with Gasteiger partial charge in [-0.25, -0.2) is 17.8 Å². The van der Waals surface area contributed by atoms with Gasteiger partial charge in [0.25, 0.3) is 10.0 Å². The second kappa shape index (κ2) is 13.9. The molecule has 0 bridgehead atoms. The number of sulfonamides is 1. The Hall–Kier alpha value is -1.39. The molecule has 0 aliphatic carbocycles. The van der Waals surface area contributed by atoms with Crippen molar-refractivity contribution >= 4 is 44.7 Å². The molecule has 204 valence electrons. The van der Waals surface area contributed by atoms with Gasteiger partial charge in [-0.1, -0.05) is 33.8 Å². The van der Waals surface area contributed by atoms with Crippen LogP contribution in [0.4, 0.5) is 21.5 Å². The fourth-order valence-corrected chi connectivity index (χ4v) is 4.69. The van der Waals surface area contributed by atoms with E-state index in [0.717, 1.165) is 36.4 Å². The topological polar surface area (TPSA) is 197 Å². The average Bonchev–Trinajstić information content (AvgIpc) is 3.41. The Morgan fingerprint density at radius 1 is 1.05 bits per heavy atom. The molecule has 0 aliphatic rings. The smallest absolute Gasteiger partial charge is 0.545 e. The Labute approximate surface area is 319 Å². The molecule has 0 aliphatic heterocycles. The van der Waals surface area contributed by atoms with Gasteiger partial charge in [0.1, 0.15) is 5.69 Å². The number of azo groups is 1. The van der Waals surface area contributed by atoms with E-state index in [-0.39, 0.29) is 114 Å². The standard InChI is InChI=1S/C24H24FN7O6S.2K/c1-5-18-26-21-19(20(24(2,3)4)30-32(21)29-18)28-27-17-9-7-13(11-16(17)25)39(37,38)31-12-6-8-14(22(33)34)15(10-12)23(35)36;;/h6-11,30-31H,5H2,1-4H3,(H,33,34)(H,35,36);;/q;2*+1/p-2. The van der Waals surface area contributed by atoms with E-state index in [1.807, 2.05) is 27.7 Å². The van der Waals surface area contributed by atoms with Crippen molar-refractivity contribution in [2.45, 2.75) is 44.4 Å². The third-order valence-corrected chi connectivity index (χ3v) is 6.96. The normalized spacial score (nSPS) is 11.7. The molecule has 13 nitrogen and oxygen atoms in total. The Bertz CT molecular complexity index is 1760. The van der Waals surface area contributed by atoms with Crippen molar-refractivity contribution in [1.82, 2.24) is 19.8 Å². The maximum atomic E-state index is 14.9. The number of benzene rings is 2. The van der Waals surface area contributed by atoms with Gasteiger partial charge in [-0.05, 0) is 30.3 Å². The number of hydrogen-bond acceptors (Lipinski definition) is 10. The SMILES string of the molecule is CCc1nc2c(N=Nc3ccc(S(=O)(=O)Nc4ccc(C(=O)[O-])c(C(=O)[O-])c4)cc3F)c(C(C)(C)C)[nH]n2n1.[K+].[K+]. The zero-order chi connectivity index (χ0) is 28.7. The summed E-state index contributed by atoms with van der Waals surface area (Å²) in [5, 5.41) is 37.9. The number of H-pyrrole nitrogens is 1. The largest absolute Gasteiger partial charge is 1.00 e. The Morgan fingerprint density at radius 3 is 2.27 bits per heavy atom. The number of carboxylic acids is 2. The number of aromatic nitrogens is 4. The zero-order valence-corrected chi connectivity index (χ0v) is 30.2. The van der Waals surface area contributed by atoms with E-state index in [1.54, 1.807) is 0 Å². The minimum Gasteiger partial charge on any atom is -0.545 e. The molecule has 2 N–H and O–H groups in total. The van der Waals surface area contributed by atoms with Crippen LogP contribution in [0.3, 0.4) is 0 Å². The minimum absolute atomic E-state index is 0. The number of nitrogens with zero attached hydrogens (tertiary/aromatic N) is 5. The van der Waals surface area contributed by atoms with E-state index in [9.17, 15) is 32.6 Å². The van der Waals surface area contributed by atoms with Crippen molar-refractivity contribution in [2.75, 3.05) is 4.72 Å². The van der Waals surface area contributed by atoms with Crippen LogP contribution in [0.2, 0.25) is 0 Å². The molecule has 0 fully saturated rings. The van der Waals surface area contributed by atoms with Crippen LogP contribution in [0.1, 0.15) is 59.9 Å². The van der Waals surface area contributed by atoms with E-state index >= 15 is 0 Å². The first-order valence-corrected chi connectivity index (χ1v) is 13.0. The van der Waals surface area contributed by atoms with Crippen molar-refractivity contribution in [1.29, 1.82) is 0 Å². The van der Waals surface area contributed by atoms with Crippen LogP contribution < -0.4 is 118 Å². The maximum Gasteiger partial charge on any atom is 1.00 e. The summed E-state index contributed by atoms with van der Waals surface area (Å²) in [4.78, 5) is 26.3. The van der Waals surface area contributed by atoms with Crippen LogP contribution in [0.15, 0.2) is 51.5 Å². The van der Waals surface area contributed by atoms with Crippen LogP contribution >= 0.6 is 0 Å². The molecular weight excluding hydrogens is 612 g/mol. The van der Waals surface area contributed by atoms with E-state index in [2.05, 4.69) is 30.1 Å².